The highest BCUT2D eigenvalue weighted by atomic mass is 32.1. The number of hydrogen-bond acceptors (Lipinski definition) is 5. The number of rotatable bonds is 7. The quantitative estimate of drug-likeness (QED) is 0.663. The first-order chi connectivity index (χ1) is 15.9. The molecule has 4 rings (SSSR count). The molecule has 0 radical (unpaired) electrons. The summed E-state index contributed by atoms with van der Waals surface area (Å²) in [6.07, 6.45) is 4.18. The predicted molar refractivity (Wildman–Crippen MR) is 129 cm³/mol. The minimum absolute atomic E-state index is 0.000436. The number of aromatic nitrogens is 1. The summed E-state index contributed by atoms with van der Waals surface area (Å²) in [5, 5.41) is 3.83. The van der Waals surface area contributed by atoms with Gasteiger partial charge in [0.1, 0.15) is 15.7 Å². The highest BCUT2D eigenvalue weighted by Crippen LogP contribution is 2.31. The summed E-state index contributed by atoms with van der Waals surface area (Å²) in [5.41, 5.74) is 1.52. The van der Waals surface area contributed by atoms with Gasteiger partial charge in [0.15, 0.2) is 0 Å². The van der Waals surface area contributed by atoms with Gasteiger partial charge in [-0.15, -0.1) is 11.3 Å². The first kappa shape index (κ1) is 23.8. The zero-order chi connectivity index (χ0) is 23.4. The molecular formula is C25H33FN4O2S. The third kappa shape index (κ3) is 5.79. The molecule has 178 valence electrons. The number of likely N-dealkylation sites (tertiary alicyclic amines) is 2. The fourth-order valence-corrected chi connectivity index (χ4v) is 5.82. The minimum Gasteiger partial charge on any atom is -0.355 e. The van der Waals surface area contributed by atoms with Crippen LogP contribution in [0.2, 0.25) is 0 Å². The van der Waals surface area contributed by atoms with Crippen molar-refractivity contribution < 1.29 is 14.0 Å². The number of piperidine rings is 1. The smallest absolute Gasteiger partial charge is 0.265 e. The Labute approximate surface area is 199 Å². The molecule has 2 saturated heterocycles. The van der Waals surface area contributed by atoms with Gasteiger partial charge in [0, 0.05) is 37.7 Å². The summed E-state index contributed by atoms with van der Waals surface area (Å²) in [7, 11) is 0. The average molecular weight is 473 g/mol. The number of benzene rings is 1. The van der Waals surface area contributed by atoms with E-state index in [9.17, 15) is 14.0 Å². The van der Waals surface area contributed by atoms with Crippen molar-refractivity contribution in [2.24, 2.45) is 11.8 Å². The molecule has 1 aromatic carbocycles. The van der Waals surface area contributed by atoms with Crippen LogP contribution in [0.4, 0.5) is 4.39 Å². The molecule has 0 unspecified atom stereocenters. The van der Waals surface area contributed by atoms with E-state index in [1.807, 2.05) is 18.7 Å². The molecule has 6 nitrogen and oxygen atoms in total. The molecule has 2 aromatic rings. The van der Waals surface area contributed by atoms with Crippen molar-refractivity contribution in [2.45, 2.75) is 39.5 Å². The van der Waals surface area contributed by atoms with E-state index in [0.717, 1.165) is 43.0 Å². The number of carbonyl (C=O) groups excluding carboxylic acids is 2. The van der Waals surface area contributed by atoms with Gasteiger partial charge in [0.05, 0.1) is 5.69 Å². The van der Waals surface area contributed by atoms with Crippen LogP contribution in [0.25, 0.3) is 10.6 Å². The lowest BCUT2D eigenvalue weighted by Gasteiger charge is -2.34. The minimum atomic E-state index is -0.291. The number of nitrogens with zero attached hydrogens (tertiary/aromatic N) is 3. The zero-order valence-corrected chi connectivity index (χ0v) is 20.3. The van der Waals surface area contributed by atoms with E-state index >= 15 is 0 Å². The maximum atomic E-state index is 13.2. The van der Waals surface area contributed by atoms with Crippen LogP contribution in [0.15, 0.2) is 24.3 Å². The molecule has 1 aromatic heterocycles. The van der Waals surface area contributed by atoms with Gasteiger partial charge >= 0.3 is 0 Å². The van der Waals surface area contributed by atoms with Crippen LogP contribution in [-0.4, -0.2) is 65.9 Å². The SMILES string of the molecule is Cc1nc(-c2ccc(F)cc2)sc1C(=O)N1CCC([C@H](C)C(=O)NCCN2CCCC2)CC1. The number of hydrogen-bond donors (Lipinski definition) is 1. The van der Waals surface area contributed by atoms with Crippen LogP contribution in [-0.2, 0) is 4.79 Å². The molecule has 2 aliphatic heterocycles. The Balaban J connectivity index is 1.28. The van der Waals surface area contributed by atoms with E-state index in [4.69, 9.17) is 0 Å². The maximum Gasteiger partial charge on any atom is 0.265 e. The summed E-state index contributed by atoms with van der Waals surface area (Å²) in [6, 6.07) is 6.18. The number of nitrogens with one attached hydrogen (secondary N) is 1. The molecule has 0 aliphatic carbocycles. The lowest BCUT2D eigenvalue weighted by molar-refractivity contribution is -0.126. The largest absolute Gasteiger partial charge is 0.355 e. The Morgan fingerprint density at radius 3 is 2.48 bits per heavy atom. The second-order valence-corrected chi connectivity index (χ2v) is 10.2. The monoisotopic (exact) mass is 472 g/mol. The fourth-order valence-electron chi connectivity index (χ4n) is 4.78. The Kier molecular flexibility index (Phi) is 7.75. The summed E-state index contributed by atoms with van der Waals surface area (Å²) in [4.78, 5) is 35.2. The van der Waals surface area contributed by atoms with Gasteiger partial charge in [-0.25, -0.2) is 9.37 Å². The number of thiazole rings is 1. The van der Waals surface area contributed by atoms with E-state index in [-0.39, 0.29) is 29.5 Å². The highest BCUT2D eigenvalue weighted by Gasteiger charge is 2.31. The van der Waals surface area contributed by atoms with Crippen LogP contribution >= 0.6 is 11.3 Å². The van der Waals surface area contributed by atoms with E-state index < -0.39 is 0 Å². The topological polar surface area (TPSA) is 65.5 Å². The van der Waals surface area contributed by atoms with Crippen molar-refractivity contribution in [1.29, 1.82) is 0 Å². The second kappa shape index (κ2) is 10.7. The van der Waals surface area contributed by atoms with Crippen molar-refractivity contribution in [3.63, 3.8) is 0 Å². The molecule has 1 N–H and O–H groups in total. The van der Waals surface area contributed by atoms with E-state index in [1.165, 1.54) is 36.3 Å². The van der Waals surface area contributed by atoms with Crippen LogP contribution < -0.4 is 5.32 Å². The van der Waals surface area contributed by atoms with Crippen molar-refractivity contribution in [3.8, 4) is 10.6 Å². The van der Waals surface area contributed by atoms with Crippen LogP contribution in [0.3, 0.4) is 0 Å². The lowest BCUT2D eigenvalue weighted by Crippen LogP contribution is -2.43. The molecule has 8 heteroatoms. The molecule has 0 spiro atoms. The van der Waals surface area contributed by atoms with E-state index in [0.29, 0.717) is 30.2 Å². The number of halogens is 1. The number of aryl methyl sites for hydroxylation is 1. The molecule has 33 heavy (non-hydrogen) atoms. The van der Waals surface area contributed by atoms with Crippen molar-refractivity contribution in [3.05, 3.63) is 40.7 Å². The first-order valence-electron chi connectivity index (χ1n) is 11.9. The molecule has 2 fully saturated rings. The molecular weight excluding hydrogens is 439 g/mol. The Hall–Kier alpha value is -2.32. The van der Waals surface area contributed by atoms with Gasteiger partial charge in [-0.2, -0.15) is 0 Å². The molecule has 1 atom stereocenters. The summed E-state index contributed by atoms with van der Waals surface area (Å²) in [6.45, 7) is 9.08. The fraction of sp³-hybridized carbons (Fsp3) is 0.560. The van der Waals surface area contributed by atoms with Crippen LogP contribution in [0.1, 0.15) is 48.0 Å². The molecule has 2 aliphatic rings. The Morgan fingerprint density at radius 1 is 1.15 bits per heavy atom. The van der Waals surface area contributed by atoms with Gasteiger partial charge in [-0.05, 0) is 75.9 Å². The van der Waals surface area contributed by atoms with Crippen molar-refractivity contribution in [1.82, 2.24) is 20.1 Å². The third-order valence-electron chi connectivity index (χ3n) is 6.96. The van der Waals surface area contributed by atoms with Crippen molar-refractivity contribution >= 4 is 23.2 Å². The van der Waals surface area contributed by atoms with Gasteiger partial charge in [-0.1, -0.05) is 6.92 Å². The van der Waals surface area contributed by atoms with Gasteiger partial charge in [0.25, 0.3) is 5.91 Å². The number of carbonyl (C=O) groups is 2. The maximum absolute atomic E-state index is 13.2. The molecule has 0 saturated carbocycles. The number of amides is 2. The molecule has 0 bridgehead atoms. The lowest BCUT2D eigenvalue weighted by atomic mass is 9.85. The van der Waals surface area contributed by atoms with Crippen molar-refractivity contribution in [2.75, 3.05) is 39.3 Å². The summed E-state index contributed by atoms with van der Waals surface area (Å²) >= 11 is 1.36. The average Bonchev–Trinajstić information content (AvgIpc) is 3.48. The highest BCUT2D eigenvalue weighted by molar-refractivity contribution is 7.17. The Bertz CT molecular complexity index is 963. The third-order valence-corrected chi connectivity index (χ3v) is 8.15. The van der Waals surface area contributed by atoms with Gasteiger partial charge in [0.2, 0.25) is 5.91 Å². The van der Waals surface area contributed by atoms with Gasteiger partial charge < -0.3 is 15.1 Å². The van der Waals surface area contributed by atoms with E-state index in [2.05, 4.69) is 15.2 Å². The van der Waals surface area contributed by atoms with Gasteiger partial charge in [-0.3, -0.25) is 9.59 Å². The summed E-state index contributed by atoms with van der Waals surface area (Å²) < 4.78 is 13.2. The summed E-state index contributed by atoms with van der Waals surface area (Å²) in [5.74, 6) is 0.0793. The molecule has 2 amide bonds. The predicted octanol–water partition coefficient (Wildman–Crippen LogP) is 3.96. The van der Waals surface area contributed by atoms with E-state index in [1.54, 1.807) is 12.1 Å². The van der Waals surface area contributed by atoms with Crippen LogP contribution in [0, 0.1) is 24.6 Å². The molecule has 3 heterocycles. The normalized spacial score (nSPS) is 18.5. The van der Waals surface area contributed by atoms with Crippen LogP contribution in [0.5, 0.6) is 0 Å². The second-order valence-electron chi connectivity index (χ2n) is 9.20. The Morgan fingerprint density at radius 2 is 1.82 bits per heavy atom. The first-order valence-corrected chi connectivity index (χ1v) is 12.8. The zero-order valence-electron chi connectivity index (χ0n) is 19.5. The standard InChI is InChI=1S/C25H33FN4O2S/c1-17(23(31)27-11-16-29-12-3-4-13-29)19-9-14-30(15-10-19)25(32)22-18(2)28-24(33-22)20-5-7-21(26)8-6-20/h5-8,17,19H,3-4,9-16H2,1-2H3,(H,27,31)/t17-/m0/s1.